The van der Waals surface area contributed by atoms with Crippen LogP contribution in [0.1, 0.15) is 39.3 Å². The Bertz CT molecular complexity index is 399. The number of aliphatic hydroxyl groups is 1. The molecule has 18 heavy (non-hydrogen) atoms. The molecule has 0 aliphatic rings. The molecule has 1 rings (SSSR count). The van der Waals surface area contributed by atoms with Crippen LogP contribution in [0.2, 0.25) is 0 Å². The van der Waals surface area contributed by atoms with Gasteiger partial charge in [0.05, 0.1) is 5.60 Å². The van der Waals surface area contributed by atoms with E-state index >= 15 is 0 Å². The van der Waals surface area contributed by atoms with Crippen molar-refractivity contribution in [1.29, 1.82) is 0 Å². The Morgan fingerprint density at radius 1 is 1.44 bits per heavy atom. The maximum absolute atomic E-state index is 13.9. The molecule has 0 aliphatic carbocycles. The molecule has 0 bridgehead atoms. The third-order valence-electron chi connectivity index (χ3n) is 2.79. The van der Waals surface area contributed by atoms with Crippen LogP contribution in [0.5, 0.6) is 0 Å². The van der Waals surface area contributed by atoms with Gasteiger partial charge in [0, 0.05) is 30.4 Å². The van der Waals surface area contributed by atoms with E-state index in [9.17, 15) is 9.50 Å². The van der Waals surface area contributed by atoms with Gasteiger partial charge in [-0.25, -0.2) is 4.39 Å². The number of anilines is 1. The summed E-state index contributed by atoms with van der Waals surface area (Å²) < 4.78 is 13.9. The molecule has 0 spiro atoms. The lowest BCUT2D eigenvalue weighted by atomic mass is 10.0. The van der Waals surface area contributed by atoms with Crippen molar-refractivity contribution in [2.45, 2.75) is 39.3 Å². The molecular weight excluding hydrogens is 231 g/mol. The van der Waals surface area contributed by atoms with E-state index in [2.05, 4.69) is 0 Å². The molecular formula is C14H23FN2O. The van der Waals surface area contributed by atoms with Crippen LogP contribution < -0.4 is 10.6 Å². The molecule has 0 saturated carbocycles. The molecule has 3 N–H and O–H groups in total. The number of nitrogens with two attached hydrogens (primary N) is 1. The van der Waals surface area contributed by atoms with Gasteiger partial charge in [-0.2, -0.15) is 0 Å². The lowest BCUT2D eigenvalue weighted by Gasteiger charge is -2.32. The monoisotopic (exact) mass is 254 g/mol. The van der Waals surface area contributed by atoms with Crippen molar-refractivity contribution < 1.29 is 9.50 Å². The van der Waals surface area contributed by atoms with Gasteiger partial charge < -0.3 is 15.7 Å². The second-order valence-electron chi connectivity index (χ2n) is 5.29. The molecule has 0 unspecified atom stereocenters. The van der Waals surface area contributed by atoms with E-state index in [1.54, 1.807) is 26.8 Å². The Labute approximate surface area is 108 Å². The summed E-state index contributed by atoms with van der Waals surface area (Å²) in [6.07, 6.45) is 0. The predicted octanol–water partition coefficient (Wildman–Crippen LogP) is 2.44. The SMILES string of the molecule is CCN(CC(C)(C)O)c1cccc(F)c1[C@H](C)N. The first-order chi connectivity index (χ1) is 8.26. The number of benzene rings is 1. The highest BCUT2D eigenvalue weighted by atomic mass is 19.1. The smallest absolute Gasteiger partial charge is 0.130 e. The van der Waals surface area contributed by atoms with Crippen molar-refractivity contribution in [3.8, 4) is 0 Å². The summed E-state index contributed by atoms with van der Waals surface area (Å²) in [5, 5.41) is 9.91. The first-order valence-electron chi connectivity index (χ1n) is 6.27. The van der Waals surface area contributed by atoms with Crippen LogP contribution in [0.4, 0.5) is 10.1 Å². The minimum absolute atomic E-state index is 0.295. The van der Waals surface area contributed by atoms with Crippen molar-refractivity contribution in [2.75, 3.05) is 18.0 Å². The van der Waals surface area contributed by atoms with Crippen molar-refractivity contribution in [1.82, 2.24) is 0 Å². The average molecular weight is 254 g/mol. The highest BCUT2D eigenvalue weighted by molar-refractivity contribution is 5.55. The van der Waals surface area contributed by atoms with Gasteiger partial charge >= 0.3 is 0 Å². The van der Waals surface area contributed by atoms with Gasteiger partial charge in [0.15, 0.2) is 0 Å². The van der Waals surface area contributed by atoms with Crippen LogP contribution in [0.15, 0.2) is 18.2 Å². The van der Waals surface area contributed by atoms with Gasteiger partial charge in [0.2, 0.25) is 0 Å². The highest BCUT2D eigenvalue weighted by Gasteiger charge is 2.22. The second kappa shape index (κ2) is 5.67. The molecule has 3 nitrogen and oxygen atoms in total. The number of hydrogen-bond acceptors (Lipinski definition) is 3. The predicted molar refractivity (Wildman–Crippen MR) is 73.2 cm³/mol. The third-order valence-corrected chi connectivity index (χ3v) is 2.79. The summed E-state index contributed by atoms with van der Waals surface area (Å²) in [5.41, 5.74) is 6.27. The number of halogens is 1. The molecule has 1 aromatic rings. The van der Waals surface area contributed by atoms with Crippen LogP contribution in [0.3, 0.4) is 0 Å². The molecule has 0 radical (unpaired) electrons. The van der Waals surface area contributed by atoms with Crippen molar-refractivity contribution in [3.05, 3.63) is 29.6 Å². The fraction of sp³-hybridized carbons (Fsp3) is 0.571. The molecule has 0 fully saturated rings. The van der Waals surface area contributed by atoms with Crippen molar-refractivity contribution in [2.24, 2.45) is 5.73 Å². The Morgan fingerprint density at radius 3 is 2.50 bits per heavy atom. The molecule has 0 amide bonds. The Hall–Kier alpha value is -1.13. The summed E-state index contributed by atoms with van der Waals surface area (Å²) in [6, 6.07) is 4.55. The fourth-order valence-corrected chi connectivity index (χ4v) is 2.09. The van der Waals surface area contributed by atoms with E-state index in [1.165, 1.54) is 6.07 Å². The molecule has 102 valence electrons. The summed E-state index contributed by atoms with van der Waals surface area (Å²) in [7, 11) is 0. The van der Waals surface area contributed by atoms with Crippen LogP contribution >= 0.6 is 0 Å². The Morgan fingerprint density at radius 2 is 2.06 bits per heavy atom. The van der Waals surface area contributed by atoms with Crippen molar-refractivity contribution >= 4 is 5.69 Å². The third kappa shape index (κ3) is 3.68. The molecule has 1 aromatic carbocycles. The van der Waals surface area contributed by atoms with E-state index in [0.29, 0.717) is 18.7 Å². The average Bonchev–Trinajstić information content (AvgIpc) is 2.23. The quantitative estimate of drug-likeness (QED) is 0.848. The minimum atomic E-state index is -0.836. The van der Waals surface area contributed by atoms with Crippen LogP contribution in [-0.2, 0) is 0 Å². The molecule has 4 heteroatoms. The van der Waals surface area contributed by atoms with Gasteiger partial charge in [0.1, 0.15) is 5.82 Å². The highest BCUT2D eigenvalue weighted by Crippen LogP contribution is 2.28. The Kier molecular flexibility index (Phi) is 4.71. The second-order valence-corrected chi connectivity index (χ2v) is 5.29. The molecule has 0 heterocycles. The lowest BCUT2D eigenvalue weighted by Crippen LogP contribution is -2.39. The topological polar surface area (TPSA) is 49.5 Å². The van der Waals surface area contributed by atoms with Crippen molar-refractivity contribution in [3.63, 3.8) is 0 Å². The summed E-state index contributed by atoms with van der Waals surface area (Å²) in [4.78, 5) is 1.95. The zero-order valence-electron chi connectivity index (χ0n) is 11.6. The summed E-state index contributed by atoms with van der Waals surface area (Å²) >= 11 is 0. The van der Waals surface area contributed by atoms with E-state index in [4.69, 9.17) is 5.73 Å². The van der Waals surface area contributed by atoms with Gasteiger partial charge in [0.25, 0.3) is 0 Å². The van der Waals surface area contributed by atoms with Gasteiger partial charge in [-0.05, 0) is 39.8 Å². The number of nitrogens with zero attached hydrogens (tertiary/aromatic N) is 1. The van der Waals surface area contributed by atoms with Gasteiger partial charge in [-0.3, -0.25) is 0 Å². The minimum Gasteiger partial charge on any atom is -0.389 e. The summed E-state index contributed by atoms with van der Waals surface area (Å²) in [6.45, 7) is 8.34. The molecule has 0 saturated heterocycles. The Balaban J connectivity index is 3.17. The standard InChI is InChI=1S/C14H23FN2O/c1-5-17(9-14(3,4)18)12-8-6-7-11(15)13(12)10(2)16/h6-8,10,18H,5,9,16H2,1-4H3/t10-/m0/s1. The van der Waals surface area contributed by atoms with Gasteiger partial charge in [-0.15, -0.1) is 0 Å². The van der Waals surface area contributed by atoms with Crippen LogP contribution in [0.25, 0.3) is 0 Å². The zero-order chi connectivity index (χ0) is 13.9. The lowest BCUT2D eigenvalue weighted by molar-refractivity contribution is 0.0875. The molecule has 0 aliphatic heterocycles. The summed E-state index contributed by atoms with van der Waals surface area (Å²) in [5.74, 6) is -0.295. The number of rotatable bonds is 5. The molecule has 0 aromatic heterocycles. The molecule has 1 atom stereocenters. The van der Waals surface area contributed by atoms with Gasteiger partial charge in [-0.1, -0.05) is 6.07 Å². The maximum Gasteiger partial charge on any atom is 0.130 e. The van der Waals surface area contributed by atoms with E-state index in [-0.39, 0.29) is 11.9 Å². The van der Waals surface area contributed by atoms with E-state index < -0.39 is 5.60 Å². The van der Waals surface area contributed by atoms with Crippen LogP contribution in [0, 0.1) is 5.82 Å². The van der Waals surface area contributed by atoms with Crippen LogP contribution in [-0.4, -0.2) is 23.8 Å². The number of likely N-dealkylation sites (N-methyl/N-ethyl adjacent to an activating group) is 1. The van der Waals surface area contributed by atoms with E-state index in [0.717, 1.165) is 5.69 Å². The van der Waals surface area contributed by atoms with E-state index in [1.807, 2.05) is 17.9 Å². The number of hydrogen-bond donors (Lipinski definition) is 2. The normalized spacial score (nSPS) is 13.5. The first kappa shape index (κ1) is 14.9. The first-order valence-corrected chi connectivity index (χ1v) is 6.27. The zero-order valence-corrected chi connectivity index (χ0v) is 11.6. The largest absolute Gasteiger partial charge is 0.389 e. The maximum atomic E-state index is 13.9. The fourth-order valence-electron chi connectivity index (χ4n) is 2.09.